The molecule has 15 heavy (non-hydrogen) atoms. The Kier molecular flexibility index (Phi) is 5.65. The topological polar surface area (TPSA) is 44.4 Å². The van der Waals surface area contributed by atoms with Gasteiger partial charge in [0.2, 0.25) is 5.91 Å². The van der Waals surface area contributed by atoms with Gasteiger partial charge in [-0.25, -0.2) is 0 Å². The lowest BCUT2D eigenvalue weighted by atomic mass is 10.1. The van der Waals surface area contributed by atoms with Crippen LogP contribution in [-0.2, 0) is 4.79 Å². The van der Waals surface area contributed by atoms with Crippen LogP contribution < -0.4 is 10.6 Å². The number of nitrogens with zero attached hydrogens (tertiary/aromatic N) is 1. The van der Waals surface area contributed by atoms with E-state index in [1.165, 1.54) is 0 Å². The summed E-state index contributed by atoms with van der Waals surface area (Å²) in [5.41, 5.74) is 0. The SMILES string of the molecule is CN(C)CCCCNC(=O)C1CCNC1. The van der Waals surface area contributed by atoms with E-state index in [0.717, 1.165) is 45.4 Å². The van der Waals surface area contributed by atoms with E-state index >= 15 is 0 Å². The van der Waals surface area contributed by atoms with E-state index in [4.69, 9.17) is 0 Å². The Labute approximate surface area is 92.4 Å². The van der Waals surface area contributed by atoms with Crippen molar-refractivity contribution in [2.24, 2.45) is 5.92 Å². The molecule has 0 aromatic carbocycles. The summed E-state index contributed by atoms with van der Waals surface area (Å²) in [5, 5.41) is 6.20. The fourth-order valence-electron chi connectivity index (χ4n) is 1.79. The largest absolute Gasteiger partial charge is 0.356 e. The maximum Gasteiger partial charge on any atom is 0.224 e. The maximum absolute atomic E-state index is 11.6. The van der Waals surface area contributed by atoms with Crippen LogP contribution in [-0.4, -0.2) is 51.1 Å². The van der Waals surface area contributed by atoms with Crippen LogP contribution in [0.5, 0.6) is 0 Å². The molecule has 1 atom stereocenters. The molecule has 1 fully saturated rings. The number of carbonyl (C=O) groups is 1. The minimum absolute atomic E-state index is 0.207. The Morgan fingerprint density at radius 2 is 2.27 bits per heavy atom. The second-order valence-electron chi connectivity index (χ2n) is 4.49. The summed E-state index contributed by atoms with van der Waals surface area (Å²) in [6, 6.07) is 0. The number of carbonyl (C=O) groups excluding carboxylic acids is 1. The van der Waals surface area contributed by atoms with Gasteiger partial charge in [-0.15, -0.1) is 0 Å². The van der Waals surface area contributed by atoms with Crippen LogP contribution in [0.1, 0.15) is 19.3 Å². The highest BCUT2D eigenvalue weighted by atomic mass is 16.1. The fraction of sp³-hybridized carbons (Fsp3) is 0.909. The molecule has 1 aliphatic heterocycles. The Morgan fingerprint density at radius 1 is 1.47 bits per heavy atom. The zero-order valence-electron chi connectivity index (χ0n) is 9.88. The van der Waals surface area contributed by atoms with Crippen molar-refractivity contribution in [3.05, 3.63) is 0 Å². The van der Waals surface area contributed by atoms with Crippen molar-refractivity contribution in [1.29, 1.82) is 0 Å². The van der Waals surface area contributed by atoms with Crippen molar-refractivity contribution in [1.82, 2.24) is 15.5 Å². The molecule has 0 saturated carbocycles. The highest BCUT2D eigenvalue weighted by Gasteiger charge is 2.21. The van der Waals surface area contributed by atoms with Gasteiger partial charge < -0.3 is 15.5 Å². The van der Waals surface area contributed by atoms with E-state index in [1.807, 2.05) is 0 Å². The third kappa shape index (κ3) is 5.14. The van der Waals surface area contributed by atoms with Crippen molar-refractivity contribution < 1.29 is 4.79 Å². The van der Waals surface area contributed by atoms with Gasteiger partial charge >= 0.3 is 0 Å². The molecule has 0 aliphatic carbocycles. The Bertz CT molecular complexity index is 188. The second-order valence-corrected chi connectivity index (χ2v) is 4.49. The average molecular weight is 213 g/mol. The molecule has 88 valence electrons. The van der Waals surface area contributed by atoms with Crippen LogP contribution >= 0.6 is 0 Å². The molecule has 1 heterocycles. The number of unbranched alkanes of at least 4 members (excludes halogenated alkanes) is 1. The van der Waals surface area contributed by atoms with Crippen molar-refractivity contribution in [2.45, 2.75) is 19.3 Å². The zero-order valence-corrected chi connectivity index (χ0v) is 9.88. The minimum atomic E-state index is 0.207. The van der Waals surface area contributed by atoms with E-state index < -0.39 is 0 Å². The highest BCUT2D eigenvalue weighted by molar-refractivity contribution is 5.79. The summed E-state index contributed by atoms with van der Waals surface area (Å²) in [4.78, 5) is 13.8. The van der Waals surface area contributed by atoms with Crippen molar-refractivity contribution >= 4 is 5.91 Å². The van der Waals surface area contributed by atoms with Crippen molar-refractivity contribution in [2.75, 3.05) is 40.3 Å². The van der Waals surface area contributed by atoms with Gasteiger partial charge in [-0.3, -0.25) is 4.79 Å². The van der Waals surface area contributed by atoms with Gasteiger partial charge in [0.15, 0.2) is 0 Å². The van der Waals surface area contributed by atoms with E-state index in [9.17, 15) is 4.79 Å². The molecule has 0 bridgehead atoms. The molecular formula is C11H23N3O. The molecule has 0 aromatic heterocycles. The minimum Gasteiger partial charge on any atom is -0.356 e. The molecule has 0 spiro atoms. The number of amides is 1. The van der Waals surface area contributed by atoms with Crippen LogP contribution in [0.4, 0.5) is 0 Å². The molecular weight excluding hydrogens is 190 g/mol. The third-order valence-corrected chi connectivity index (χ3v) is 2.76. The quantitative estimate of drug-likeness (QED) is 0.613. The van der Waals surface area contributed by atoms with Gasteiger partial charge in [0, 0.05) is 13.1 Å². The first kappa shape index (κ1) is 12.5. The van der Waals surface area contributed by atoms with Crippen LogP contribution in [0.3, 0.4) is 0 Å². The first-order valence-corrected chi connectivity index (χ1v) is 5.83. The van der Waals surface area contributed by atoms with E-state index in [2.05, 4.69) is 29.6 Å². The fourth-order valence-corrected chi connectivity index (χ4v) is 1.79. The number of hydrogen-bond acceptors (Lipinski definition) is 3. The van der Waals surface area contributed by atoms with Crippen LogP contribution in [0.2, 0.25) is 0 Å². The summed E-state index contributed by atoms with van der Waals surface area (Å²) in [7, 11) is 4.14. The monoisotopic (exact) mass is 213 g/mol. The third-order valence-electron chi connectivity index (χ3n) is 2.76. The summed E-state index contributed by atoms with van der Waals surface area (Å²) in [6.45, 7) is 3.76. The zero-order chi connectivity index (χ0) is 11.1. The predicted molar refractivity (Wildman–Crippen MR) is 61.8 cm³/mol. The molecule has 1 aliphatic rings. The molecule has 4 heteroatoms. The van der Waals surface area contributed by atoms with Crippen LogP contribution in [0, 0.1) is 5.92 Å². The smallest absolute Gasteiger partial charge is 0.224 e. The molecule has 0 radical (unpaired) electrons. The summed E-state index contributed by atoms with van der Waals surface area (Å²) in [5.74, 6) is 0.434. The van der Waals surface area contributed by atoms with Gasteiger partial charge in [0.1, 0.15) is 0 Å². The number of nitrogens with one attached hydrogen (secondary N) is 2. The molecule has 2 N–H and O–H groups in total. The highest BCUT2D eigenvalue weighted by Crippen LogP contribution is 2.06. The van der Waals surface area contributed by atoms with Crippen molar-refractivity contribution in [3.8, 4) is 0 Å². The van der Waals surface area contributed by atoms with E-state index in [-0.39, 0.29) is 11.8 Å². The molecule has 4 nitrogen and oxygen atoms in total. The molecule has 1 saturated heterocycles. The summed E-state index contributed by atoms with van der Waals surface area (Å²) in [6.07, 6.45) is 3.21. The Morgan fingerprint density at radius 3 is 2.87 bits per heavy atom. The maximum atomic E-state index is 11.6. The Balaban J connectivity index is 1.97. The summed E-state index contributed by atoms with van der Waals surface area (Å²) < 4.78 is 0. The van der Waals surface area contributed by atoms with E-state index in [0.29, 0.717) is 0 Å². The van der Waals surface area contributed by atoms with Gasteiger partial charge in [-0.1, -0.05) is 0 Å². The Hall–Kier alpha value is -0.610. The lowest BCUT2D eigenvalue weighted by Gasteiger charge is -2.11. The van der Waals surface area contributed by atoms with Gasteiger partial charge in [-0.05, 0) is 46.4 Å². The molecule has 1 amide bonds. The second kappa shape index (κ2) is 6.80. The predicted octanol–water partition coefficient (Wildman–Crippen LogP) is 0.0539. The number of hydrogen-bond donors (Lipinski definition) is 2. The number of rotatable bonds is 6. The van der Waals surface area contributed by atoms with Crippen LogP contribution in [0.25, 0.3) is 0 Å². The molecule has 1 rings (SSSR count). The lowest BCUT2D eigenvalue weighted by molar-refractivity contribution is -0.124. The normalized spacial score (nSPS) is 20.9. The average Bonchev–Trinajstić information content (AvgIpc) is 2.69. The van der Waals surface area contributed by atoms with Gasteiger partial charge in [0.25, 0.3) is 0 Å². The van der Waals surface area contributed by atoms with Crippen LogP contribution in [0.15, 0.2) is 0 Å². The van der Waals surface area contributed by atoms with E-state index in [1.54, 1.807) is 0 Å². The first-order valence-electron chi connectivity index (χ1n) is 5.83. The van der Waals surface area contributed by atoms with Gasteiger partial charge in [-0.2, -0.15) is 0 Å². The summed E-state index contributed by atoms with van der Waals surface area (Å²) >= 11 is 0. The van der Waals surface area contributed by atoms with Crippen molar-refractivity contribution in [3.63, 3.8) is 0 Å². The lowest BCUT2D eigenvalue weighted by Crippen LogP contribution is -2.32. The molecule has 1 unspecified atom stereocenters. The first-order chi connectivity index (χ1) is 7.20. The standard InChI is InChI=1S/C11H23N3O/c1-14(2)8-4-3-6-13-11(15)10-5-7-12-9-10/h10,12H,3-9H2,1-2H3,(H,13,15). The van der Waals surface area contributed by atoms with Gasteiger partial charge in [0.05, 0.1) is 5.92 Å². The molecule has 0 aromatic rings.